The van der Waals surface area contributed by atoms with Crippen LogP contribution in [0.25, 0.3) is 10.2 Å². The van der Waals surface area contributed by atoms with Gasteiger partial charge >= 0.3 is 0 Å². The van der Waals surface area contributed by atoms with Crippen LogP contribution in [0.3, 0.4) is 0 Å². The Morgan fingerprint density at radius 2 is 2.38 bits per heavy atom. The van der Waals surface area contributed by atoms with Crippen molar-refractivity contribution in [3.8, 4) is 6.07 Å². The lowest BCUT2D eigenvalue weighted by Gasteiger charge is -1.85. The zero-order valence-electron chi connectivity index (χ0n) is 6.62. The molecule has 0 amide bonds. The van der Waals surface area contributed by atoms with E-state index in [1.165, 1.54) is 23.5 Å². The molecule has 0 aliphatic heterocycles. The SMILES string of the molecule is N#CCc1nc2ccc(F)cc2s1. The Kier molecular flexibility index (Phi) is 1.95. The second kappa shape index (κ2) is 3.11. The fourth-order valence-electron chi connectivity index (χ4n) is 1.09. The maximum Gasteiger partial charge on any atom is 0.124 e. The van der Waals surface area contributed by atoms with Gasteiger partial charge in [-0.15, -0.1) is 11.3 Å². The van der Waals surface area contributed by atoms with Crippen molar-refractivity contribution in [2.45, 2.75) is 6.42 Å². The topological polar surface area (TPSA) is 36.7 Å². The maximum absolute atomic E-state index is 12.7. The van der Waals surface area contributed by atoms with E-state index in [0.717, 1.165) is 15.2 Å². The van der Waals surface area contributed by atoms with E-state index >= 15 is 0 Å². The van der Waals surface area contributed by atoms with Crippen LogP contribution >= 0.6 is 11.3 Å². The first-order chi connectivity index (χ1) is 6.29. The Hall–Kier alpha value is -1.47. The van der Waals surface area contributed by atoms with Crippen LogP contribution in [-0.2, 0) is 6.42 Å². The summed E-state index contributed by atoms with van der Waals surface area (Å²) in [6, 6.07) is 6.45. The number of aromatic nitrogens is 1. The first-order valence-corrected chi connectivity index (χ1v) is 4.53. The van der Waals surface area contributed by atoms with Gasteiger partial charge in [0, 0.05) is 0 Å². The predicted octanol–water partition coefficient (Wildman–Crippen LogP) is 2.50. The number of nitrogens with zero attached hydrogens (tertiary/aromatic N) is 2. The third-order valence-electron chi connectivity index (χ3n) is 1.63. The van der Waals surface area contributed by atoms with Gasteiger partial charge in [-0.05, 0) is 18.2 Å². The van der Waals surface area contributed by atoms with Crippen molar-refractivity contribution in [3.63, 3.8) is 0 Å². The van der Waals surface area contributed by atoms with E-state index in [1.54, 1.807) is 6.07 Å². The number of hydrogen-bond donors (Lipinski definition) is 0. The van der Waals surface area contributed by atoms with E-state index < -0.39 is 0 Å². The van der Waals surface area contributed by atoms with Gasteiger partial charge in [0.25, 0.3) is 0 Å². The molecule has 0 unspecified atom stereocenters. The highest BCUT2D eigenvalue weighted by molar-refractivity contribution is 7.18. The minimum Gasteiger partial charge on any atom is -0.240 e. The van der Waals surface area contributed by atoms with E-state index in [1.807, 2.05) is 6.07 Å². The molecule has 1 aromatic heterocycles. The van der Waals surface area contributed by atoms with Crippen molar-refractivity contribution in [2.24, 2.45) is 0 Å². The normalized spacial score (nSPS) is 10.2. The van der Waals surface area contributed by atoms with Gasteiger partial charge in [0.05, 0.1) is 22.7 Å². The summed E-state index contributed by atoms with van der Waals surface area (Å²) in [4.78, 5) is 4.17. The van der Waals surface area contributed by atoms with E-state index in [-0.39, 0.29) is 5.82 Å². The van der Waals surface area contributed by atoms with E-state index in [9.17, 15) is 4.39 Å². The molecule has 2 nitrogen and oxygen atoms in total. The lowest BCUT2D eigenvalue weighted by atomic mass is 10.3. The number of fused-ring (bicyclic) bond motifs is 1. The van der Waals surface area contributed by atoms with E-state index in [4.69, 9.17) is 5.26 Å². The Morgan fingerprint density at radius 3 is 3.15 bits per heavy atom. The zero-order valence-corrected chi connectivity index (χ0v) is 7.44. The molecule has 4 heteroatoms. The molecular formula is C9H5FN2S. The molecule has 0 N–H and O–H groups in total. The maximum atomic E-state index is 12.7. The van der Waals surface area contributed by atoms with Gasteiger partial charge in [-0.3, -0.25) is 0 Å². The molecule has 0 fully saturated rings. The molecule has 64 valence electrons. The molecule has 13 heavy (non-hydrogen) atoms. The van der Waals surface area contributed by atoms with Gasteiger partial charge in [0.1, 0.15) is 10.8 Å². The Bertz CT molecular complexity index is 484. The van der Waals surface area contributed by atoms with Crippen molar-refractivity contribution in [1.29, 1.82) is 5.26 Å². The first-order valence-electron chi connectivity index (χ1n) is 3.71. The lowest BCUT2D eigenvalue weighted by Crippen LogP contribution is -1.76. The van der Waals surface area contributed by atoms with Gasteiger partial charge in [0.15, 0.2) is 0 Å². The van der Waals surface area contributed by atoms with Crippen LogP contribution < -0.4 is 0 Å². The van der Waals surface area contributed by atoms with Gasteiger partial charge < -0.3 is 0 Å². The van der Waals surface area contributed by atoms with Crippen LogP contribution in [0.5, 0.6) is 0 Å². The standard InChI is InChI=1S/C9H5FN2S/c10-6-1-2-7-8(5-6)13-9(12-7)3-4-11/h1-2,5H,3H2. The number of hydrogen-bond acceptors (Lipinski definition) is 3. The zero-order chi connectivity index (χ0) is 9.26. The molecule has 0 aliphatic rings. The highest BCUT2D eigenvalue weighted by atomic mass is 32.1. The summed E-state index contributed by atoms with van der Waals surface area (Å²) >= 11 is 1.36. The minimum atomic E-state index is -0.264. The molecule has 0 saturated carbocycles. The fourth-order valence-corrected chi connectivity index (χ4v) is 2.01. The predicted molar refractivity (Wildman–Crippen MR) is 48.9 cm³/mol. The average molecular weight is 192 g/mol. The second-order valence-corrected chi connectivity index (χ2v) is 3.67. The summed E-state index contributed by atoms with van der Waals surface area (Å²) in [5, 5.41) is 9.18. The Labute approximate surface area is 78.3 Å². The Balaban J connectivity index is 2.57. The van der Waals surface area contributed by atoms with Crippen molar-refractivity contribution < 1.29 is 4.39 Å². The van der Waals surface area contributed by atoms with Crippen molar-refractivity contribution in [3.05, 3.63) is 29.0 Å². The summed E-state index contributed by atoms with van der Waals surface area (Å²) in [6.07, 6.45) is 0.293. The molecule has 0 spiro atoms. The minimum absolute atomic E-state index is 0.264. The number of thiazole rings is 1. The van der Waals surface area contributed by atoms with Crippen LogP contribution in [0.15, 0.2) is 18.2 Å². The van der Waals surface area contributed by atoms with Gasteiger partial charge in [-0.2, -0.15) is 5.26 Å². The summed E-state index contributed by atoms with van der Waals surface area (Å²) in [7, 11) is 0. The van der Waals surface area contributed by atoms with Gasteiger partial charge in [-0.25, -0.2) is 9.37 Å². The van der Waals surface area contributed by atoms with Crippen molar-refractivity contribution in [1.82, 2.24) is 4.98 Å². The molecule has 0 atom stereocenters. The summed E-state index contributed by atoms with van der Waals surface area (Å²) in [6.45, 7) is 0. The third-order valence-corrected chi connectivity index (χ3v) is 2.64. The molecule has 1 heterocycles. The quantitative estimate of drug-likeness (QED) is 0.696. The van der Waals surface area contributed by atoms with Crippen LogP contribution in [0.1, 0.15) is 5.01 Å². The smallest absolute Gasteiger partial charge is 0.124 e. The second-order valence-electron chi connectivity index (χ2n) is 2.55. The monoisotopic (exact) mass is 192 g/mol. The van der Waals surface area contributed by atoms with Crippen LogP contribution in [0.2, 0.25) is 0 Å². The molecule has 1 aromatic carbocycles. The van der Waals surface area contributed by atoms with E-state index in [2.05, 4.69) is 4.98 Å². The van der Waals surface area contributed by atoms with Crippen molar-refractivity contribution in [2.75, 3.05) is 0 Å². The molecule has 2 aromatic rings. The first kappa shape index (κ1) is 8.14. The Morgan fingerprint density at radius 1 is 1.54 bits per heavy atom. The molecule has 0 aliphatic carbocycles. The number of halogens is 1. The molecule has 0 radical (unpaired) electrons. The summed E-state index contributed by atoms with van der Waals surface area (Å²) in [5.41, 5.74) is 0.761. The van der Waals surface area contributed by atoms with Crippen LogP contribution in [0.4, 0.5) is 4.39 Å². The van der Waals surface area contributed by atoms with Crippen molar-refractivity contribution >= 4 is 21.6 Å². The number of rotatable bonds is 1. The number of benzene rings is 1. The summed E-state index contributed by atoms with van der Waals surface area (Å²) in [5.74, 6) is -0.264. The van der Waals surface area contributed by atoms with Crippen LogP contribution in [-0.4, -0.2) is 4.98 Å². The number of nitriles is 1. The largest absolute Gasteiger partial charge is 0.240 e. The summed E-state index contributed by atoms with van der Waals surface area (Å²) < 4.78 is 13.5. The lowest BCUT2D eigenvalue weighted by molar-refractivity contribution is 0.630. The van der Waals surface area contributed by atoms with Gasteiger partial charge in [-0.1, -0.05) is 0 Å². The average Bonchev–Trinajstić information content (AvgIpc) is 2.46. The van der Waals surface area contributed by atoms with E-state index in [0.29, 0.717) is 6.42 Å². The third kappa shape index (κ3) is 1.51. The molecule has 0 saturated heterocycles. The molecule has 2 rings (SSSR count). The fraction of sp³-hybridized carbons (Fsp3) is 0.111. The highest BCUT2D eigenvalue weighted by Gasteiger charge is 2.03. The van der Waals surface area contributed by atoms with Gasteiger partial charge in [0.2, 0.25) is 0 Å². The van der Waals surface area contributed by atoms with Crippen LogP contribution in [0, 0.1) is 17.1 Å². The highest BCUT2D eigenvalue weighted by Crippen LogP contribution is 2.22. The molecular weight excluding hydrogens is 187 g/mol. The molecule has 0 bridgehead atoms.